The van der Waals surface area contributed by atoms with Crippen LogP contribution in [-0.2, 0) is 0 Å². The normalized spacial score (nSPS) is 42.9. The molecule has 0 radical (unpaired) electrons. The third-order valence-electron chi connectivity index (χ3n) is 6.71. The predicted molar refractivity (Wildman–Crippen MR) is 72.9 cm³/mol. The first kappa shape index (κ1) is 12.0. The quantitative estimate of drug-likeness (QED) is 0.769. The molecular weight excluding hydrogens is 206 g/mol. The third-order valence-corrected chi connectivity index (χ3v) is 6.71. The minimum absolute atomic E-state index is 0.671. The van der Waals surface area contributed by atoms with E-state index < -0.39 is 0 Å². The highest BCUT2D eigenvalue weighted by molar-refractivity contribution is 5.04. The minimum Gasteiger partial charge on any atom is -0.317 e. The summed E-state index contributed by atoms with van der Waals surface area (Å²) in [5.74, 6) is 5.13. The average Bonchev–Trinajstić information content (AvgIpc) is 2.38. The van der Waals surface area contributed by atoms with Gasteiger partial charge in [0.05, 0.1) is 0 Å². The van der Waals surface area contributed by atoms with Gasteiger partial charge in [-0.2, -0.15) is 0 Å². The zero-order chi connectivity index (χ0) is 12.0. The Morgan fingerprint density at radius 3 is 2.35 bits per heavy atom. The van der Waals surface area contributed by atoms with E-state index in [4.69, 9.17) is 0 Å². The molecule has 4 fully saturated rings. The fourth-order valence-electron chi connectivity index (χ4n) is 5.22. The first-order chi connectivity index (χ1) is 8.10. The average molecular weight is 235 g/mol. The lowest BCUT2D eigenvalue weighted by Crippen LogP contribution is -2.54. The summed E-state index contributed by atoms with van der Waals surface area (Å²) >= 11 is 0. The van der Waals surface area contributed by atoms with E-state index in [2.05, 4.69) is 26.1 Å². The van der Waals surface area contributed by atoms with Gasteiger partial charge in [0, 0.05) is 0 Å². The largest absolute Gasteiger partial charge is 0.317 e. The molecule has 0 aromatic rings. The second-order valence-electron chi connectivity index (χ2n) is 7.55. The molecule has 0 spiro atoms. The molecule has 3 saturated carbocycles. The first-order valence-corrected chi connectivity index (χ1v) is 7.81. The Bertz CT molecular complexity index is 275. The number of hydrogen-bond acceptors (Lipinski definition) is 1. The van der Waals surface area contributed by atoms with Gasteiger partial charge < -0.3 is 5.32 Å². The smallest absolute Gasteiger partial charge is 0.00462 e. The Labute approximate surface area is 107 Å². The molecule has 4 rings (SSSR count). The van der Waals surface area contributed by atoms with Gasteiger partial charge in [-0.05, 0) is 80.2 Å². The topological polar surface area (TPSA) is 12.0 Å². The van der Waals surface area contributed by atoms with Gasteiger partial charge in [-0.1, -0.05) is 20.8 Å². The van der Waals surface area contributed by atoms with Crippen molar-refractivity contribution in [3.63, 3.8) is 0 Å². The van der Waals surface area contributed by atoms with Gasteiger partial charge in [0.1, 0.15) is 0 Å². The number of hydrogen-bond donors (Lipinski definition) is 1. The summed E-state index contributed by atoms with van der Waals surface area (Å²) in [6.07, 6.45) is 7.45. The van der Waals surface area contributed by atoms with Crippen molar-refractivity contribution in [3.8, 4) is 0 Å². The fraction of sp³-hybridized carbons (Fsp3) is 1.00. The Kier molecular flexibility index (Phi) is 3.01. The van der Waals surface area contributed by atoms with Gasteiger partial charge in [0.2, 0.25) is 0 Å². The van der Waals surface area contributed by atoms with Crippen molar-refractivity contribution < 1.29 is 0 Å². The molecule has 17 heavy (non-hydrogen) atoms. The maximum absolute atomic E-state index is 3.51. The summed E-state index contributed by atoms with van der Waals surface area (Å²) in [6, 6.07) is 0. The summed E-state index contributed by atoms with van der Waals surface area (Å²) in [6.45, 7) is 10.2. The van der Waals surface area contributed by atoms with Crippen molar-refractivity contribution in [1.82, 2.24) is 5.32 Å². The molecule has 1 saturated heterocycles. The van der Waals surface area contributed by atoms with Crippen LogP contribution in [0, 0.1) is 35.0 Å². The molecule has 3 aliphatic carbocycles. The van der Waals surface area contributed by atoms with Crippen LogP contribution < -0.4 is 5.32 Å². The highest BCUT2D eigenvalue weighted by atomic mass is 14.9. The van der Waals surface area contributed by atoms with Crippen LogP contribution in [0.25, 0.3) is 0 Å². The molecule has 1 heteroatoms. The Balaban J connectivity index is 1.67. The van der Waals surface area contributed by atoms with E-state index in [9.17, 15) is 0 Å². The van der Waals surface area contributed by atoms with Crippen molar-refractivity contribution in [2.45, 2.75) is 52.9 Å². The van der Waals surface area contributed by atoms with E-state index in [-0.39, 0.29) is 0 Å². The van der Waals surface area contributed by atoms with Crippen LogP contribution in [0.3, 0.4) is 0 Å². The van der Waals surface area contributed by atoms with Crippen LogP contribution in [-0.4, -0.2) is 13.1 Å². The van der Waals surface area contributed by atoms with Gasteiger partial charge in [-0.25, -0.2) is 0 Å². The van der Waals surface area contributed by atoms with Crippen molar-refractivity contribution >= 4 is 0 Å². The molecule has 98 valence electrons. The van der Waals surface area contributed by atoms with Crippen LogP contribution in [0.5, 0.6) is 0 Å². The first-order valence-electron chi connectivity index (χ1n) is 7.81. The van der Waals surface area contributed by atoms with Gasteiger partial charge in [0.15, 0.2) is 0 Å². The monoisotopic (exact) mass is 235 g/mol. The highest BCUT2D eigenvalue weighted by Crippen LogP contribution is 2.63. The standard InChI is InChI=1S/C16H29N/c1-11(12-6-8-17-9-7-12)14-5-4-13-10-15(14)16(13,2)3/h11-15,17H,4-10H2,1-3H3. The molecule has 0 aromatic heterocycles. The Morgan fingerprint density at radius 1 is 1.06 bits per heavy atom. The zero-order valence-electron chi connectivity index (χ0n) is 11.8. The van der Waals surface area contributed by atoms with E-state index in [0.29, 0.717) is 5.41 Å². The number of rotatable bonds is 2. The van der Waals surface area contributed by atoms with E-state index >= 15 is 0 Å². The highest BCUT2D eigenvalue weighted by Gasteiger charge is 2.55. The zero-order valence-corrected chi connectivity index (χ0v) is 11.8. The number of nitrogens with one attached hydrogen (secondary N) is 1. The summed E-state index contributed by atoms with van der Waals surface area (Å²) in [5, 5.41) is 3.51. The molecule has 2 bridgehead atoms. The third kappa shape index (κ3) is 1.85. The van der Waals surface area contributed by atoms with Crippen LogP contribution in [0.4, 0.5) is 0 Å². The van der Waals surface area contributed by atoms with E-state index in [1.807, 2.05) is 0 Å². The summed E-state index contributed by atoms with van der Waals surface area (Å²) in [5.41, 5.74) is 0.671. The summed E-state index contributed by atoms with van der Waals surface area (Å²) in [4.78, 5) is 0. The molecule has 4 atom stereocenters. The van der Waals surface area contributed by atoms with Crippen LogP contribution in [0.1, 0.15) is 52.9 Å². The predicted octanol–water partition coefficient (Wildman–Crippen LogP) is 3.69. The lowest BCUT2D eigenvalue weighted by atomic mass is 9.43. The van der Waals surface area contributed by atoms with Crippen molar-refractivity contribution in [2.24, 2.45) is 35.0 Å². The Morgan fingerprint density at radius 2 is 1.76 bits per heavy atom. The SMILES string of the molecule is CC(C1CCNCC1)C1CCC2CC1C2(C)C. The fourth-order valence-corrected chi connectivity index (χ4v) is 5.22. The molecular formula is C16H29N. The van der Waals surface area contributed by atoms with E-state index in [1.54, 1.807) is 6.42 Å². The van der Waals surface area contributed by atoms with Gasteiger partial charge >= 0.3 is 0 Å². The summed E-state index contributed by atoms with van der Waals surface area (Å²) in [7, 11) is 0. The molecule has 1 heterocycles. The maximum Gasteiger partial charge on any atom is -0.00462 e. The molecule has 1 aliphatic heterocycles. The van der Waals surface area contributed by atoms with Gasteiger partial charge in [-0.3, -0.25) is 0 Å². The van der Waals surface area contributed by atoms with E-state index in [1.165, 1.54) is 38.8 Å². The van der Waals surface area contributed by atoms with Crippen LogP contribution in [0.2, 0.25) is 0 Å². The van der Waals surface area contributed by atoms with Crippen molar-refractivity contribution in [2.75, 3.05) is 13.1 Å². The molecule has 4 aliphatic rings. The van der Waals surface area contributed by atoms with Gasteiger partial charge in [-0.15, -0.1) is 0 Å². The van der Waals surface area contributed by atoms with Gasteiger partial charge in [0.25, 0.3) is 0 Å². The molecule has 0 aromatic carbocycles. The molecule has 1 N–H and O–H groups in total. The second-order valence-corrected chi connectivity index (χ2v) is 7.55. The molecule has 4 unspecified atom stereocenters. The lowest BCUT2D eigenvalue weighted by Gasteiger charge is -2.62. The maximum atomic E-state index is 3.51. The van der Waals surface area contributed by atoms with Crippen molar-refractivity contribution in [3.05, 3.63) is 0 Å². The lowest BCUT2D eigenvalue weighted by molar-refractivity contribution is -0.126. The second kappa shape index (κ2) is 4.26. The number of fused-ring (bicyclic) bond motifs is 2. The number of piperidine rings is 1. The Hall–Kier alpha value is -0.0400. The van der Waals surface area contributed by atoms with Crippen LogP contribution in [0.15, 0.2) is 0 Å². The van der Waals surface area contributed by atoms with Crippen molar-refractivity contribution in [1.29, 1.82) is 0 Å². The summed E-state index contributed by atoms with van der Waals surface area (Å²) < 4.78 is 0. The minimum atomic E-state index is 0.671. The molecule has 0 amide bonds. The molecule has 1 nitrogen and oxygen atoms in total. The van der Waals surface area contributed by atoms with E-state index in [0.717, 1.165) is 29.6 Å². The van der Waals surface area contributed by atoms with Crippen LogP contribution >= 0.6 is 0 Å².